The molecule has 8 heavy (non-hydrogen) atoms. The first kappa shape index (κ1) is 5.96. The predicted molar refractivity (Wildman–Crippen MR) is 23.9 cm³/mol. The number of hydrogen-bond acceptors (Lipinski definition) is 5. The van der Waals surface area contributed by atoms with E-state index < -0.39 is 16.8 Å². The van der Waals surface area contributed by atoms with E-state index in [-0.39, 0.29) is 0 Å². The molecule has 48 valence electrons. The van der Waals surface area contributed by atoms with Crippen LogP contribution >= 0.6 is 0 Å². The fourth-order valence-electron chi connectivity index (χ4n) is 0.318. The van der Waals surface area contributed by atoms with Gasteiger partial charge in [-0.3, -0.25) is 5.32 Å². The summed E-state index contributed by atoms with van der Waals surface area (Å²) >= 11 is 0. The molecule has 0 aliphatic carbocycles. The van der Waals surface area contributed by atoms with E-state index in [1.807, 2.05) is 0 Å². The number of rotatable bonds is 1. The highest BCUT2D eigenvalue weighted by atomic mass is 32.3. The van der Waals surface area contributed by atoms with Gasteiger partial charge in [-0.05, 0) is 7.05 Å². The molecule has 0 unspecified atom stereocenters. The SMILES string of the molecule is CNC1OS(=O)(=O)O1. The second-order valence-corrected chi connectivity index (χ2v) is 2.42. The molecular formula is C2H5NO4S. The maximum absolute atomic E-state index is 9.97. The van der Waals surface area contributed by atoms with Gasteiger partial charge in [0.1, 0.15) is 0 Å². The van der Waals surface area contributed by atoms with Crippen molar-refractivity contribution in [3.8, 4) is 0 Å². The van der Waals surface area contributed by atoms with E-state index >= 15 is 0 Å². The molecule has 1 saturated heterocycles. The van der Waals surface area contributed by atoms with Gasteiger partial charge in [0.2, 0.25) is 0 Å². The van der Waals surface area contributed by atoms with Crippen LogP contribution in [-0.2, 0) is 18.8 Å². The average molecular weight is 139 g/mol. The number of nitrogens with one attached hydrogen (secondary N) is 1. The summed E-state index contributed by atoms with van der Waals surface area (Å²) in [6.07, 6.45) is -0.778. The van der Waals surface area contributed by atoms with Crippen LogP contribution in [0.5, 0.6) is 0 Å². The lowest BCUT2D eigenvalue weighted by atomic mass is 11.1. The van der Waals surface area contributed by atoms with Gasteiger partial charge in [-0.1, -0.05) is 0 Å². The molecule has 1 aliphatic rings. The average Bonchev–Trinajstić information content (AvgIpc) is 1.60. The van der Waals surface area contributed by atoms with Gasteiger partial charge in [0.05, 0.1) is 0 Å². The van der Waals surface area contributed by atoms with E-state index in [1.165, 1.54) is 7.05 Å². The van der Waals surface area contributed by atoms with Crippen molar-refractivity contribution in [1.82, 2.24) is 5.32 Å². The molecule has 0 aromatic carbocycles. The highest BCUT2D eigenvalue weighted by Crippen LogP contribution is 2.13. The van der Waals surface area contributed by atoms with Crippen LogP contribution < -0.4 is 5.32 Å². The molecule has 1 aliphatic heterocycles. The molecule has 1 fully saturated rings. The van der Waals surface area contributed by atoms with E-state index in [4.69, 9.17) is 0 Å². The summed E-state index contributed by atoms with van der Waals surface area (Å²) in [7, 11) is -2.08. The van der Waals surface area contributed by atoms with Crippen LogP contribution in [0.4, 0.5) is 0 Å². The van der Waals surface area contributed by atoms with Crippen molar-refractivity contribution in [3.63, 3.8) is 0 Å². The Morgan fingerprint density at radius 1 is 1.50 bits per heavy atom. The van der Waals surface area contributed by atoms with Gasteiger partial charge in [0.25, 0.3) is 6.41 Å². The topological polar surface area (TPSA) is 64.6 Å². The number of hydrogen-bond donors (Lipinski definition) is 1. The van der Waals surface area contributed by atoms with Gasteiger partial charge >= 0.3 is 10.4 Å². The van der Waals surface area contributed by atoms with Crippen molar-refractivity contribution in [2.75, 3.05) is 7.05 Å². The molecule has 0 atom stereocenters. The Hall–Kier alpha value is -0.170. The molecule has 0 radical (unpaired) electrons. The smallest absolute Gasteiger partial charge is 0.270 e. The molecule has 1 rings (SSSR count). The highest BCUT2D eigenvalue weighted by Gasteiger charge is 2.34. The van der Waals surface area contributed by atoms with Crippen LogP contribution in [0.1, 0.15) is 0 Å². The summed E-state index contributed by atoms with van der Waals surface area (Å²) in [5.41, 5.74) is 0. The first-order valence-corrected chi connectivity index (χ1v) is 3.26. The Morgan fingerprint density at radius 3 is 2.12 bits per heavy atom. The van der Waals surface area contributed by atoms with Crippen molar-refractivity contribution in [2.45, 2.75) is 6.41 Å². The van der Waals surface area contributed by atoms with Gasteiger partial charge < -0.3 is 0 Å². The molecule has 0 aromatic heterocycles. The summed E-state index contributed by atoms with van der Waals surface area (Å²) in [5.74, 6) is 0. The first-order chi connectivity index (χ1) is 3.64. The quantitative estimate of drug-likeness (QED) is 0.493. The summed E-state index contributed by atoms with van der Waals surface area (Å²) < 4.78 is 28.2. The van der Waals surface area contributed by atoms with E-state index in [9.17, 15) is 8.42 Å². The standard InChI is InChI=1S/C2H5NO4S/c1-3-2-6-8(4,5)7-2/h2-3H,1H3. The van der Waals surface area contributed by atoms with Crippen LogP contribution in [-0.4, -0.2) is 21.9 Å². The molecule has 0 bridgehead atoms. The molecule has 1 heterocycles. The lowest BCUT2D eigenvalue weighted by Crippen LogP contribution is -2.45. The van der Waals surface area contributed by atoms with Crippen molar-refractivity contribution < 1.29 is 16.8 Å². The summed E-state index contributed by atoms with van der Waals surface area (Å²) in [6, 6.07) is 0. The summed E-state index contributed by atoms with van der Waals surface area (Å²) in [4.78, 5) is 0. The van der Waals surface area contributed by atoms with Crippen molar-refractivity contribution in [2.24, 2.45) is 0 Å². The largest absolute Gasteiger partial charge is 0.407 e. The Bertz CT molecular complexity index is 160. The lowest BCUT2D eigenvalue weighted by Gasteiger charge is -2.23. The third kappa shape index (κ3) is 0.972. The van der Waals surface area contributed by atoms with Crippen molar-refractivity contribution in [3.05, 3.63) is 0 Å². The van der Waals surface area contributed by atoms with E-state index in [2.05, 4.69) is 13.7 Å². The highest BCUT2D eigenvalue weighted by molar-refractivity contribution is 7.82. The van der Waals surface area contributed by atoms with Crippen molar-refractivity contribution in [1.29, 1.82) is 0 Å². The molecule has 1 N–H and O–H groups in total. The first-order valence-electron chi connectivity index (χ1n) is 1.93. The Kier molecular flexibility index (Phi) is 1.24. The Balaban J connectivity index is 2.43. The minimum atomic E-state index is -3.61. The minimum absolute atomic E-state index is 0.778. The zero-order valence-corrected chi connectivity index (χ0v) is 4.94. The van der Waals surface area contributed by atoms with Gasteiger partial charge in [-0.25, -0.2) is 8.37 Å². The zero-order chi connectivity index (χ0) is 6.20. The molecule has 0 amide bonds. The third-order valence-electron chi connectivity index (χ3n) is 0.646. The van der Waals surface area contributed by atoms with Gasteiger partial charge in [0.15, 0.2) is 0 Å². The van der Waals surface area contributed by atoms with E-state index in [0.29, 0.717) is 0 Å². The zero-order valence-electron chi connectivity index (χ0n) is 4.12. The van der Waals surface area contributed by atoms with Crippen LogP contribution in [0.25, 0.3) is 0 Å². The fourth-order valence-corrected chi connectivity index (χ4v) is 0.953. The van der Waals surface area contributed by atoms with Gasteiger partial charge in [-0.15, -0.1) is 0 Å². The minimum Gasteiger partial charge on any atom is -0.270 e. The monoisotopic (exact) mass is 139 g/mol. The fraction of sp³-hybridized carbons (Fsp3) is 1.00. The third-order valence-corrected chi connectivity index (χ3v) is 1.47. The normalized spacial score (nSPS) is 27.1. The Labute approximate surface area is 46.9 Å². The van der Waals surface area contributed by atoms with Gasteiger partial charge in [-0.2, -0.15) is 8.42 Å². The van der Waals surface area contributed by atoms with Crippen LogP contribution in [0.15, 0.2) is 0 Å². The van der Waals surface area contributed by atoms with Crippen LogP contribution in [0, 0.1) is 0 Å². The second kappa shape index (κ2) is 1.66. The Morgan fingerprint density at radius 2 is 2.00 bits per heavy atom. The molecule has 0 aromatic rings. The molecule has 5 nitrogen and oxygen atoms in total. The van der Waals surface area contributed by atoms with Gasteiger partial charge in [0, 0.05) is 0 Å². The summed E-state index contributed by atoms with van der Waals surface area (Å²) in [6.45, 7) is 0. The molecule has 0 saturated carbocycles. The maximum Gasteiger partial charge on any atom is 0.407 e. The van der Waals surface area contributed by atoms with Crippen LogP contribution in [0.2, 0.25) is 0 Å². The molecular weight excluding hydrogens is 134 g/mol. The van der Waals surface area contributed by atoms with E-state index in [0.717, 1.165) is 0 Å². The van der Waals surface area contributed by atoms with Crippen molar-refractivity contribution >= 4 is 10.4 Å². The van der Waals surface area contributed by atoms with E-state index in [1.54, 1.807) is 0 Å². The second-order valence-electron chi connectivity index (χ2n) is 1.22. The molecule has 6 heteroatoms. The molecule has 0 spiro atoms. The van der Waals surface area contributed by atoms with Crippen LogP contribution in [0.3, 0.4) is 0 Å². The lowest BCUT2D eigenvalue weighted by molar-refractivity contribution is -0.0962. The summed E-state index contributed by atoms with van der Waals surface area (Å²) in [5, 5.41) is 2.43. The maximum atomic E-state index is 9.97. The predicted octanol–water partition coefficient (Wildman–Crippen LogP) is -1.22.